The van der Waals surface area contributed by atoms with Crippen molar-refractivity contribution in [2.75, 3.05) is 10.6 Å². The fourth-order valence-corrected chi connectivity index (χ4v) is 6.79. The number of amides is 2. The van der Waals surface area contributed by atoms with E-state index in [0.29, 0.717) is 6.29 Å². The van der Waals surface area contributed by atoms with Gasteiger partial charge in [0, 0.05) is 11.6 Å². The van der Waals surface area contributed by atoms with Crippen LogP contribution in [0.2, 0.25) is 0 Å². The number of aromatic hydroxyl groups is 1. The smallest absolute Gasteiger partial charge is 0.259 e. The SMILES string of the molecule is N#Cc1cnn(-c2cc(-n3ncc(C#N)c3N=NC(C(=O)Nc3ccccc3C=O)c3nc4ccccc4c(=O)[nH]3)ncn2)c1N=NC(C(=O)Nc1ccccc1O)c1nc2ccccc2c(=O)[nH]1. The van der Waals surface area contributed by atoms with E-state index in [-0.39, 0.29) is 90.5 Å². The van der Waals surface area contributed by atoms with Crippen molar-refractivity contribution in [1.82, 2.24) is 49.5 Å². The molecule has 0 saturated carbocycles. The molecule has 2 amide bonds. The van der Waals surface area contributed by atoms with Crippen LogP contribution in [0.5, 0.6) is 5.75 Å². The van der Waals surface area contributed by atoms with Crippen LogP contribution in [0.3, 0.4) is 0 Å². The Hall–Kier alpha value is -10.8. The van der Waals surface area contributed by atoms with Crippen molar-refractivity contribution >= 4 is 62.9 Å². The first kappa shape index (κ1) is 43.5. The van der Waals surface area contributed by atoms with E-state index >= 15 is 0 Å². The van der Waals surface area contributed by atoms with E-state index in [1.807, 2.05) is 12.1 Å². The van der Waals surface area contributed by atoms with Crippen LogP contribution in [0.4, 0.5) is 23.0 Å². The summed E-state index contributed by atoms with van der Waals surface area (Å²) in [6.45, 7) is 0. The summed E-state index contributed by atoms with van der Waals surface area (Å²) < 4.78 is 2.19. The Morgan fingerprint density at radius 2 is 1.13 bits per heavy atom. The molecule has 0 aliphatic carbocycles. The van der Waals surface area contributed by atoms with Crippen LogP contribution in [-0.4, -0.2) is 72.7 Å². The maximum absolute atomic E-state index is 14.0. The largest absolute Gasteiger partial charge is 0.506 e. The number of anilines is 2. The summed E-state index contributed by atoms with van der Waals surface area (Å²) in [5.74, 6) is -2.94. The highest BCUT2D eigenvalue weighted by molar-refractivity contribution is 5.99. The highest BCUT2D eigenvalue weighted by Gasteiger charge is 2.28. The standard InChI is InChI=1S/C45H28N18O6/c46-18-25-20-50-62(40(25)60-58-36(44(68)54-29-12-4-1-9-24(29)22-64)38-52-30-13-5-2-10-27(30)42(66)56-38)34-17-35(49-23-48-34)63-41(26(19-47)21-51-63)61-59-37(45(69)55-32-15-7-8-16-33(32)65)39-53-31-14-6-3-11-28(31)43(67)57-39/h1-17,20-23,36-37,65H,(H,54,68)(H,55,69)(H,52,56,66)(H,53,57,67). The molecular weight excluding hydrogens is 889 g/mol. The zero-order valence-electron chi connectivity index (χ0n) is 35.0. The van der Waals surface area contributed by atoms with Crippen LogP contribution in [0.1, 0.15) is 45.2 Å². The van der Waals surface area contributed by atoms with Crippen molar-refractivity contribution in [2.45, 2.75) is 12.1 Å². The number of aldehydes is 1. The maximum atomic E-state index is 14.0. The number of aromatic amines is 2. The molecular formula is C45H28N18O6. The number of rotatable bonds is 13. The molecule has 24 heteroatoms. The van der Waals surface area contributed by atoms with Gasteiger partial charge in [-0.2, -0.15) is 40.3 Å². The van der Waals surface area contributed by atoms with Crippen LogP contribution >= 0.6 is 0 Å². The van der Waals surface area contributed by atoms with E-state index in [4.69, 9.17) is 0 Å². The fourth-order valence-electron chi connectivity index (χ4n) is 6.79. The van der Waals surface area contributed by atoms with Gasteiger partial charge in [0.25, 0.3) is 22.9 Å². The van der Waals surface area contributed by atoms with Crippen molar-refractivity contribution in [3.8, 4) is 29.5 Å². The van der Waals surface area contributed by atoms with Crippen molar-refractivity contribution < 1.29 is 19.5 Å². The minimum atomic E-state index is -1.66. The van der Waals surface area contributed by atoms with Gasteiger partial charge in [-0.25, -0.2) is 19.9 Å². The van der Waals surface area contributed by atoms with E-state index in [9.17, 15) is 39.6 Å². The number of fused-ring (bicyclic) bond motifs is 2. The Morgan fingerprint density at radius 1 is 0.667 bits per heavy atom. The van der Waals surface area contributed by atoms with Crippen LogP contribution in [0.15, 0.2) is 152 Å². The minimum absolute atomic E-state index is 0.0265. The second-order valence-electron chi connectivity index (χ2n) is 14.4. The number of nitrogens with zero attached hydrogens (tertiary/aromatic N) is 14. The average Bonchev–Trinajstić information content (AvgIpc) is 3.99. The third-order valence-electron chi connectivity index (χ3n) is 10.1. The van der Waals surface area contributed by atoms with Gasteiger partial charge in [0.2, 0.25) is 12.1 Å². The van der Waals surface area contributed by atoms with Gasteiger partial charge < -0.3 is 25.7 Å². The monoisotopic (exact) mass is 916 g/mol. The van der Waals surface area contributed by atoms with E-state index < -0.39 is 35.0 Å². The van der Waals surface area contributed by atoms with Crippen LogP contribution in [0.25, 0.3) is 33.4 Å². The predicted octanol–water partition coefficient (Wildman–Crippen LogP) is 5.51. The fraction of sp³-hybridized carbons (Fsp3) is 0.0444. The lowest BCUT2D eigenvalue weighted by Crippen LogP contribution is -2.24. The number of carbonyl (C=O) groups is 3. The summed E-state index contributed by atoms with van der Waals surface area (Å²) in [6, 6.07) is 26.9. The number of nitrogens with one attached hydrogen (secondary N) is 4. The maximum Gasteiger partial charge on any atom is 0.259 e. The lowest BCUT2D eigenvalue weighted by atomic mass is 10.1. The molecule has 334 valence electrons. The van der Waals surface area contributed by atoms with Crippen molar-refractivity contribution in [2.24, 2.45) is 20.5 Å². The molecule has 0 saturated heterocycles. The van der Waals surface area contributed by atoms with E-state index in [2.05, 4.69) is 71.2 Å². The normalized spacial score (nSPS) is 12.1. The molecule has 0 spiro atoms. The first-order valence-corrected chi connectivity index (χ1v) is 20.2. The molecule has 9 aromatic rings. The van der Waals surface area contributed by atoms with Crippen molar-refractivity contribution in [1.29, 1.82) is 10.5 Å². The number of hydrogen-bond acceptors (Lipinski definition) is 18. The number of para-hydroxylation sites is 5. The summed E-state index contributed by atoms with van der Waals surface area (Å²) in [4.78, 5) is 88.6. The molecule has 24 nitrogen and oxygen atoms in total. The van der Waals surface area contributed by atoms with Gasteiger partial charge in [0.05, 0.1) is 45.6 Å². The molecule has 0 radical (unpaired) electrons. The molecule has 5 N–H and O–H groups in total. The topological polar surface area (TPSA) is 345 Å². The van der Waals surface area contributed by atoms with Crippen LogP contribution < -0.4 is 21.8 Å². The zero-order chi connectivity index (χ0) is 48.0. The van der Waals surface area contributed by atoms with E-state index in [1.54, 1.807) is 72.8 Å². The number of benzene rings is 4. The highest BCUT2D eigenvalue weighted by atomic mass is 16.3. The molecule has 4 aromatic carbocycles. The Bertz CT molecular complexity index is 3790. The van der Waals surface area contributed by atoms with E-state index in [1.165, 1.54) is 30.3 Å². The molecule has 0 fully saturated rings. The molecule has 0 bridgehead atoms. The van der Waals surface area contributed by atoms with Gasteiger partial charge in [-0.05, 0) is 48.5 Å². The number of hydrogen-bond donors (Lipinski definition) is 5. The van der Waals surface area contributed by atoms with Crippen LogP contribution in [-0.2, 0) is 9.59 Å². The van der Waals surface area contributed by atoms with Crippen molar-refractivity contribution in [3.05, 3.63) is 171 Å². The molecule has 0 aliphatic heterocycles. The van der Waals surface area contributed by atoms with Gasteiger partial charge in [-0.15, -0.1) is 10.2 Å². The Labute approximate surface area is 385 Å². The lowest BCUT2D eigenvalue weighted by molar-refractivity contribution is -0.118. The second kappa shape index (κ2) is 18.8. The molecule has 0 aliphatic rings. The summed E-state index contributed by atoms with van der Waals surface area (Å²) in [5, 5.41) is 61.9. The molecule has 5 heterocycles. The number of carbonyl (C=O) groups excluding carboxylic acids is 3. The van der Waals surface area contributed by atoms with Crippen molar-refractivity contribution in [3.63, 3.8) is 0 Å². The number of phenolic OH excluding ortho intramolecular Hbond substituents is 1. The number of nitriles is 2. The quantitative estimate of drug-likeness (QED) is 0.0541. The third kappa shape index (κ3) is 8.76. The molecule has 5 aromatic heterocycles. The summed E-state index contributed by atoms with van der Waals surface area (Å²) in [6.07, 6.45) is 3.97. The van der Waals surface area contributed by atoms with Gasteiger partial charge in [-0.1, -0.05) is 48.5 Å². The molecule has 9 rings (SSSR count). The first-order valence-electron chi connectivity index (χ1n) is 20.2. The Balaban J connectivity index is 1.09. The van der Waals surface area contributed by atoms with Crippen LogP contribution in [0, 0.1) is 22.7 Å². The summed E-state index contributed by atoms with van der Waals surface area (Å²) in [7, 11) is 0. The third-order valence-corrected chi connectivity index (χ3v) is 10.1. The first-order chi connectivity index (χ1) is 33.6. The number of azo groups is 2. The average molecular weight is 917 g/mol. The van der Waals surface area contributed by atoms with Gasteiger partial charge in [0.15, 0.2) is 29.6 Å². The number of H-pyrrole nitrogens is 2. The predicted molar refractivity (Wildman–Crippen MR) is 242 cm³/mol. The summed E-state index contributed by atoms with van der Waals surface area (Å²) >= 11 is 0. The number of aromatic nitrogens is 10. The number of phenols is 1. The highest BCUT2D eigenvalue weighted by Crippen LogP contribution is 2.30. The van der Waals surface area contributed by atoms with E-state index in [0.717, 1.165) is 28.1 Å². The van der Waals surface area contributed by atoms with Gasteiger partial charge in [-0.3, -0.25) is 24.0 Å². The molecule has 2 unspecified atom stereocenters. The minimum Gasteiger partial charge on any atom is -0.506 e. The molecule has 2 atom stereocenters. The summed E-state index contributed by atoms with van der Waals surface area (Å²) in [5.41, 5.74) is -0.577. The zero-order valence-corrected chi connectivity index (χ0v) is 35.0. The van der Waals surface area contributed by atoms with Gasteiger partial charge >= 0.3 is 0 Å². The Kier molecular flexibility index (Phi) is 11.8. The molecule has 69 heavy (non-hydrogen) atoms. The second-order valence-corrected chi connectivity index (χ2v) is 14.4. The lowest BCUT2D eigenvalue weighted by Gasteiger charge is -2.13. The van der Waals surface area contributed by atoms with Gasteiger partial charge in [0.1, 0.15) is 47.0 Å². The Morgan fingerprint density at radius 3 is 1.64 bits per heavy atom.